The lowest BCUT2D eigenvalue weighted by atomic mass is 9.92. The van der Waals surface area contributed by atoms with Crippen molar-refractivity contribution < 1.29 is 52.1 Å². The largest absolute Gasteiger partial charge is 0.465 e. The van der Waals surface area contributed by atoms with Crippen LogP contribution < -0.4 is 0 Å². The average Bonchev–Trinajstić information content (AvgIpc) is 2.89. The van der Waals surface area contributed by atoms with E-state index in [9.17, 15) is 23.7 Å². The molecule has 0 rings (SSSR count). The number of unbranched alkanes of at least 4 members (excludes halogenated alkanes) is 7. The van der Waals surface area contributed by atoms with Crippen molar-refractivity contribution in [3.63, 3.8) is 0 Å². The normalized spacial score (nSPS) is 12.5. The van der Waals surface area contributed by atoms with E-state index < -0.39 is 36.9 Å². The first-order valence-corrected chi connectivity index (χ1v) is 15.7. The molecule has 0 fully saturated rings. The number of ether oxygens (including phenoxy) is 4. The number of hydrogen-bond acceptors (Lipinski definition) is 10. The number of rotatable bonds is 23. The molecule has 0 aliphatic rings. The smallest absolute Gasteiger partial charge is 0.333 e. The minimum absolute atomic E-state index is 0.137. The highest BCUT2D eigenvalue weighted by Crippen LogP contribution is 2.36. The predicted molar refractivity (Wildman–Crippen MR) is 154 cm³/mol. The van der Waals surface area contributed by atoms with Gasteiger partial charge in [-0.3, -0.25) is 9.36 Å². The number of carbonyl (C=O) groups excluding carboxylic acids is 4. The second kappa shape index (κ2) is 20.2. The molecule has 0 aromatic carbocycles. The highest BCUT2D eigenvalue weighted by molar-refractivity contribution is 7.51. The monoisotopic (exact) mass is 602 g/mol. The zero-order chi connectivity index (χ0) is 31.5. The lowest BCUT2D eigenvalue weighted by molar-refractivity contribution is -0.167. The summed E-state index contributed by atoms with van der Waals surface area (Å²) in [5.74, 6) is -2.61. The van der Waals surface area contributed by atoms with Crippen LogP contribution >= 0.6 is 7.60 Å². The topological polar surface area (TPSA) is 152 Å². The van der Waals surface area contributed by atoms with E-state index in [-0.39, 0.29) is 56.2 Å². The molecule has 0 aliphatic heterocycles. The molecule has 0 radical (unpaired) electrons. The molecule has 0 saturated heterocycles. The highest BCUT2D eigenvalue weighted by Gasteiger charge is 2.38. The Morgan fingerprint density at radius 2 is 0.976 bits per heavy atom. The third kappa shape index (κ3) is 19.9. The molecule has 41 heavy (non-hydrogen) atoms. The summed E-state index contributed by atoms with van der Waals surface area (Å²) < 4.78 is 37.2. The van der Waals surface area contributed by atoms with E-state index in [1.807, 2.05) is 0 Å². The average molecular weight is 603 g/mol. The van der Waals surface area contributed by atoms with Crippen molar-refractivity contribution in [1.29, 1.82) is 0 Å². The van der Waals surface area contributed by atoms with E-state index >= 15 is 0 Å². The van der Waals surface area contributed by atoms with Gasteiger partial charge in [0.2, 0.25) is 0 Å². The van der Waals surface area contributed by atoms with Crippen molar-refractivity contribution in [2.75, 3.05) is 39.7 Å². The Balaban J connectivity index is 4.87. The summed E-state index contributed by atoms with van der Waals surface area (Å²) in [6.45, 7) is 15.0. The maximum Gasteiger partial charge on any atom is 0.333 e. The molecule has 0 spiro atoms. The van der Waals surface area contributed by atoms with Gasteiger partial charge in [0, 0.05) is 29.8 Å². The molecule has 1 N–H and O–H groups in total. The van der Waals surface area contributed by atoms with Gasteiger partial charge in [0.25, 0.3) is 0 Å². The Hall–Kier alpha value is -2.75. The molecule has 0 amide bonds. The molecule has 1 atom stereocenters. The van der Waals surface area contributed by atoms with E-state index in [2.05, 4.69) is 19.7 Å². The first-order chi connectivity index (χ1) is 19.1. The van der Waals surface area contributed by atoms with Crippen LogP contribution in [0.1, 0.15) is 78.6 Å². The molecular formula is C29H47O11P. The number of hydrogen-bond donors (Lipinski definition) is 1. The lowest BCUT2D eigenvalue weighted by Gasteiger charge is -2.31. The fourth-order valence-electron chi connectivity index (χ4n) is 3.25. The molecule has 0 aliphatic carbocycles. The van der Waals surface area contributed by atoms with Crippen molar-refractivity contribution in [3.8, 4) is 0 Å². The van der Waals surface area contributed by atoms with Gasteiger partial charge in [-0.2, -0.15) is 0 Å². The molecule has 234 valence electrons. The van der Waals surface area contributed by atoms with Crippen molar-refractivity contribution in [2.45, 2.75) is 78.6 Å². The van der Waals surface area contributed by atoms with Gasteiger partial charge in [0.15, 0.2) is 0 Å². The van der Waals surface area contributed by atoms with Crippen LogP contribution in [-0.2, 0) is 47.2 Å². The zero-order valence-corrected chi connectivity index (χ0v) is 25.9. The van der Waals surface area contributed by atoms with Gasteiger partial charge < -0.3 is 28.4 Å². The quantitative estimate of drug-likeness (QED) is 0.0539. The lowest BCUT2D eigenvalue weighted by Crippen LogP contribution is -2.44. The summed E-state index contributed by atoms with van der Waals surface area (Å²) in [7, 11) is -3.40. The fourth-order valence-corrected chi connectivity index (χ4v) is 3.72. The van der Waals surface area contributed by atoms with Crippen LogP contribution in [0.4, 0.5) is 0 Å². The SMILES string of the molecule is C=C(C)C(=O)OCC(COC(=O)CCCCCCCCCCOP(C)(=O)O)(COC(=O)C(=C)C)COC(=O)C(=C)C. The second-order valence-corrected chi connectivity index (χ2v) is 12.3. The van der Waals surface area contributed by atoms with Crippen LogP contribution in [0.15, 0.2) is 36.5 Å². The molecule has 1 unspecified atom stereocenters. The van der Waals surface area contributed by atoms with Crippen LogP contribution in [0.25, 0.3) is 0 Å². The summed E-state index contributed by atoms with van der Waals surface area (Å²) in [5.41, 5.74) is -0.958. The van der Waals surface area contributed by atoms with Crippen molar-refractivity contribution in [3.05, 3.63) is 36.5 Å². The minimum Gasteiger partial charge on any atom is -0.465 e. The maximum atomic E-state index is 12.5. The molecular weight excluding hydrogens is 555 g/mol. The summed E-state index contributed by atoms with van der Waals surface area (Å²) in [6.07, 6.45) is 7.21. The van der Waals surface area contributed by atoms with E-state index in [0.717, 1.165) is 44.9 Å². The Morgan fingerprint density at radius 3 is 1.34 bits per heavy atom. The van der Waals surface area contributed by atoms with Crippen LogP contribution in [-0.4, -0.2) is 68.5 Å². The Kier molecular flexibility index (Phi) is 18.8. The highest BCUT2D eigenvalue weighted by atomic mass is 31.2. The minimum atomic E-state index is -3.40. The zero-order valence-electron chi connectivity index (χ0n) is 25.0. The number of esters is 4. The Bertz CT molecular complexity index is 890. The molecule has 0 aromatic heterocycles. The van der Waals surface area contributed by atoms with Gasteiger partial charge in [-0.05, 0) is 33.6 Å². The molecule has 0 aromatic rings. The van der Waals surface area contributed by atoms with Crippen molar-refractivity contribution in [2.24, 2.45) is 5.41 Å². The van der Waals surface area contributed by atoms with E-state index in [4.69, 9.17) is 28.4 Å². The third-order valence-corrected chi connectivity index (χ3v) is 6.38. The standard InChI is InChI=1S/C29H47O11P/c1-22(2)26(31)37-19-29(20-38-27(32)23(3)4,21-39-28(33)24(5)6)18-36-25(30)16-14-12-10-8-9-11-13-15-17-40-41(7,34)35/h1,3,5,8-21H2,2,4,6-7H3,(H,34,35). The first kappa shape index (κ1) is 38.2. The van der Waals surface area contributed by atoms with Crippen LogP contribution in [0.3, 0.4) is 0 Å². The maximum absolute atomic E-state index is 12.5. The van der Waals surface area contributed by atoms with Gasteiger partial charge in [0.05, 0.1) is 6.61 Å². The Morgan fingerprint density at radius 1 is 0.634 bits per heavy atom. The molecule has 12 heteroatoms. The molecule has 11 nitrogen and oxygen atoms in total. The predicted octanol–water partition coefficient (Wildman–Crippen LogP) is 5.22. The van der Waals surface area contributed by atoms with Gasteiger partial charge in [-0.15, -0.1) is 0 Å². The first-order valence-electron chi connectivity index (χ1n) is 13.7. The third-order valence-electron chi connectivity index (χ3n) is 5.72. The van der Waals surface area contributed by atoms with Gasteiger partial charge in [0.1, 0.15) is 31.8 Å². The van der Waals surface area contributed by atoms with E-state index in [0.29, 0.717) is 6.42 Å². The van der Waals surface area contributed by atoms with E-state index in [1.165, 1.54) is 27.4 Å². The molecule has 0 heterocycles. The van der Waals surface area contributed by atoms with Crippen molar-refractivity contribution in [1.82, 2.24) is 0 Å². The summed E-state index contributed by atoms with van der Waals surface area (Å²) in [6, 6.07) is 0. The van der Waals surface area contributed by atoms with Crippen LogP contribution in [0.2, 0.25) is 0 Å². The fraction of sp³-hybridized carbons (Fsp3) is 0.655. The van der Waals surface area contributed by atoms with E-state index in [1.54, 1.807) is 0 Å². The summed E-state index contributed by atoms with van der Waals surface area (Å²) >= 11 is 0. The van der Waals surface area contributed by atoms with Crippen LogP contribution in [0, 0.1) is 5.41 Å². The van der Waals surface area contributed by atoms with Gasteiger partial charge >= 0.3 is 31.5 Å². The van der Waals surface area contributed by atoms with Gasteiger partial charge in [-0.1, -0.05) is 58.3 Å². The molecule has 0 bridgehead atoms. The van der Waals surface area contributed by atoms with Gasteiger partial charge in [-0.25, -0.2) is 14.4 Å². The Labute approximate surface area is 243 Å². The van der Waals surface area contributed by atoms with Crippen molar-refractivity contribution >= 4 is 31.5 Å². The molecule has 0 saturated carbocycles. The second-order valence-electron chi connectivity index (χ2n) is 10.4. The summed E-state index contributed by atoms with van der Waals surface area (Å²) in [5, 5.41) is 0. The van der Waals surface area contributed by atoms with Crippen LogP contribution in [0.5, 0.6) is 0 Å². The number of carbonyl (C=O) groups is 4. The summed E-state index contributed by atoms with van der Waals surface area (Å²) in [4.78, 5) is 57.8.